The van der Waals surface area contributed by atoms with E-state index in [2.05, 4.69) is 35.3 Å². The second-order valence-corrected chi connectivity index (χ2v) is 5.16. The van der Waals surface area contributed by atoms with Gasteiger partial charge >= 0.3 is 0 Å². The molecule has 17 heavy (non-hydrogen) atoms. The van der Waals surface area contributed by atoms with E-state index >= 15 is 0 Å². The first kappa shape index (κ1) is 11.1. The summed E-state index contributed by atoms with van der Waals surface area (Å²) in [7, 11) is 0. The van der Waals surface area contributed by atoms with Crippen molar-refractivity contribution in [1.29, 1.82) is 0 Å². The topological polar surface area (TPSA) is 24.5 Å². The SMILES string of the molecule is C[C@H]1CN(CC2COc3ccccc32)CCN1. The molecule has 1 unspecified atom stereocenters. The van der Waals surface area contributed by atoms with Crippen LogP contribution in [0.1, 0.15) is 18.4 Å². The Morgan fingerprint density at radius 1 is 1.41 bits per heavy atom. The maximum atomic E-state index is 5.74. The number of nitrogens with one attached hydrogen (secondary N) is 1. The predicted octanol–water partition coefficient (Wildman–Crippen LogP) is 1.46. The number of benzene rings is 1. The van der Waals surface area contributed by atoms with Crippen molar-refractivity contribution in [3.8, 4) is 5.75 Å². The molecule has 2 atom stereocenters. The minimum Gasteiger partial charge on any atom is -0.493 e. The second kappa shape index (κ2) is 4.67. The summed E-state index contributed by atoms with van der Waals surface area (Å²) in [6.45, 7) is 7.64. The van der Waals surface area contributed by atoms with Crippen LogP contribution in [0, 0.1) is 0 Å². The highest BCUT2D eigenvalue weighted by molar-refractivity contribution is 5.39. The van der Waals surface area contributed by atoms with Gasteiger partial charge in [0.1, 0.15) is 5.75 Å². The predicted molar refractivity (Wildman–Crippen MR) is 68.6 cm³/mol. The fraction of sp³-hybridized carbons (Fsp3) is 0.571. The van der Waals surface area contributed by atoms with Gasteiger partial charge in [0, 0.05) is 43.7 Å². The molecule has 2 heterocycles. The number of nitrogens with zero attached hydrogens (tertiary/aromatic N) is 1. The van der Waals surface area contributed by atoms with E-state index < -0.39 is 0 Å². The van der Waals surface area contributed by atoms with Crippen molar-refractivity contribution in [2.75, 3.05) is 32.8 Å². The van der Waals surface area contributed by atoms with Gasteiger partial charge < -0.3 is 10.1 Å². The van der Waals surface area contributed by atoms with E-state index in [-0.39, 0.29) is 0 Å². The quantitative estimate of drug-likeness (QED) is 0.835. The van der Waals surface area contributed by atoms with Crippen LogP contribution in [0.2, 0.25) is 0 Å². The number of ether oxygens (including phenoxy) is 1. The minimum atomic E-state index is 0.552. The zero-order valence-corrected chi connectivity index (χ0v) is 10.4. The maximum Gasteiger partial charge on any atom is 0.122 e. The van der Waals surface area contributed by atoms with Crippen LogP contribution in [0.5, 0.6) is 5.75 Å². The van der Waals surface area contributed by atoms with Gasteiger partial charge in [-0.1, -0.05) is 18.2 Å². The molecule has 1 aromatic carbocycles. The molecule has 0 amide bonds. The molecule has 0 saturated carbocycles. The highest BCUT2D eigenvalue weighted by atomic mass is 16.5. The third-order valence-electron chi connectivity index (χ3n) is 3.73. The van der Waals surface area contributed by atoms with Crippen LogP contribution in [0.3, 0.4) is 0 Å². The van der Waals surface area contributed by atoms with Gasteiger partial charge in [0.25, 0.3) is 0 Å². The van der Waals surface area contributed by atoms with Crippen molar-refractivity contribution in [2.45, 2.75) is 18.9 Å². The van der Waals surface area contributed by atoms with E-state index in [1.165, 1.54) is 5.56 Å². The molecule has 2 aliphatic rings. The maximum absolute atomic E-state index is 5.74. The molecule has 0 aromatic heterocycles. The fourth-order valence-electron chi connectivity index (χ4n) is 2.87. The number of fused-ring (bicyclic) bond motifs is 1. The van der Waals surface area contributed by atoms with Crippen LogP contribution in [-0.2, 0) is 0 Å². The van der Waals surface area contributed by atoms with E-state index in [4.69, 9.17) is 4.74 Å². The molecule has 1 aromatic rings. The van der Waals surface area contributed by atoms with Gasteiger partial charge in [0.2, 0.25) is 0 Å². The zero-order chi connectivity index (χ0) is 11.7. The molecule has 2 aliphatic heterocycles. The van der Waals surface area contributed by atoms with Crippen molar-refractivity contribution in [1.82, 2.24) is 10.2 Å². The Balaban J connectivity index is 1.67. The number of piperazine rings is 1. The molecule has 3 nitrogen and oxygen atoms in total. The Kier molecular flexibility index (Phi) is 3.04. The van der Waals surface area contributed by atoms with Gasteiger partial charge in [-0.05, 0) is 13.0 Å². The van der Waals surface area contributed by atoms with Gasteiger partial charge in [-0.15, -0.1) is 0 Å². The lowest BCUT2D eigenvalue weighted by Gasteiger charge is -2.33. The van der Waals surface area contributed by atoms with Gasteiger partial charge in [-0.2, -0.15) is 0 Å². The average molecular weight is 232 g/mol. The third-order valence-corrected chi connectivity index (χ3v) is 3.73. The summed E-state index contributed by atoms with van der Waals surface area (Å²) in [5.41, 5.74) is 1.39. The number of rotatable bonds is 2. The Morgan fingerprint density at radius 2 is 2.29 bits per heavy atom. The molecule has 0 bridgehead atoms. The summed E-state index contributed by atoms with van der Waals surface area (Å²) in [4.78, 5) is 2.55. The molecule has 0 aliphatic carbocycles. The lowest BCUT2D eigenvalue weighted by Crippen LogP contribution is -2.50. The van der Waals surface area contributed by atoms with Gasteiger partial charge in [0.15, 0.2) is 0 Å². The van der Waals surface area contributed by atoms with Crippen LogP contribution >= 0.6 is 0 Å². The van der Waals surface area contributed by atoms with Crippen LogP contribution in [0.4, 0.5) is 0 Å². The molecule has 0 spiro atoms. The first-order valence-corrected chi connectivity index (χ1v) is 6.50. The van der Waals surface area contributed by atoms with Crippen molar-refractivity contribution in [3.05, 3.63) is 29.8 Å². The van der Waals surface area contributed by atoms with Crippen molar-refractivity contribution >= 4 is 0 Å². The fourth-order valence-corrected chi connectivity index (χ4v) is 2.87. The van der Waals surface area contributed by atoms with Gasteiger partial charge in [-0.25, -0.2) is 0 Å². The first-order chi connectivity index (χ1) is 8.33. The largest absolute Gasteiger partial charge is 0.493 e. The molecule has 1 saturated heterocycles. The molecule has 1 fully saturated rings. The molecule has 1 N–H and O–H groups in total. The highest BCUT2D eigenvalue weighted by Crippen LogP contribution is 2.33. The average Bonchev–Trinajstić information content (AvgIpc) is 2.73. The van der Waals surface area contributed by atoms with Crippen molar-refractivity contribution < 1.29 is 4.74 Å². The lowest BCUT2D eigenvalue weighted by atomic mass is 10.0. The number of hydrogen-bond acceptors (Lipinski definition) is 3. The summed E-state index contributed by atoms with van der Waals surface area (Å²) >= 11 is 0. The van der Waals surface area contributed by atoms with E-state index in [0.29, 0.717) is 12.0 Å². The Morgan fingerprint density at radius 3 is 3.18 bits per heavy atom. The zero-order valence-electron chi connectivity index (χ0n) is 10.4. The van der Waals surface area contributed by atoms with Crippen LogP contribution in [-0.4, -0.2) is 43.7 Å². The molecule has 0 radical (unpaired) electrons. The third kappa shape index (κ3) is 2.31. The Hall–Kier alpha value is -1.06. The Bertz CT molecular complexity index is 394. The minimum absolute atomic E-state index is 0.552. The molecular formula is C14H20N2O. The van der Waals surface area contributed by atoms with E-state index in [1.807, 2.05) is 6.07 Å². The summed E-state index contributed by atoms with van der Waals surface area (Å²) in [5.74, 6) is 1.64. The standard InChI is InChI=1S/C14H20N2O/c1-11-8-16(7-6-15-11)9-12-10-17-14-5-3-2-4-13(12)14/h2-5,11-12,15H,6-10H2,1H3/t11-,12?/m0/s1. The van der Waals surface area contributed by atoms with Gasteiger partial charge in [0.05, 0.1) is 6.61 Å². The number of hydrogen-bond donors (Lipinski definition) is 1. The number of para-hydroxylation sites is 1. The smallest absolute Gasteiger partial charge is 0.122 e. The second-order valence-electron chi connectivity index (χ2n) is 5.16. The summed E-state index contributed by atoms with van der Waals surface area (Å²) < 4.78 is 5.74. The summed E-state index contributed by atoms with van der Waals surface area (Å²) in [6.07, 6.45) is 0. The normalized spacial score (nSPS) is 28.8. The van der Waals surface area contributed by atoms with Crippen LogP contribution < -0.4 is 10.1 Å². The summed E-state index contributed by atoms with van der Waals surface area (Å²) in [5, 5.41) is 3.48. The van der Waals surface area contributed by atoms with Crippen molar-refractivity contribution in [3.63, 3.8) is 0 Å². The van der Waals surface area contributed by atoms with E-state index in [0.717, 1.165) is 38.5 Å². The van der Waals surface area contributed by atoms with Gasteiger partial charge in [-0.3, -0.25) is 4.90 Å². The Labute approximate surface area is 103 Å². The van der Waals surface area contributed by atoms with E-state index in [1.54, 1.807) is 0 Å². The van der Waals surface area contributed by atoms with Crippen molar-refractivity contribution in [2.24, 2.45) is 0 Å². The van der Waals surface area contributed by atoms with E-state index in [9.17, 15) is 0 Å². The molecule has 3 rings (SSSR count). The molecule has 3 heteroatoms. The highest BCUT2D eigenvalue weighted by Gasteiger charge is 2.27. The van der Waals surface area contributed by atoms with Crippen LogP contribution in [0.15, 0.2) is 24.3 Å². The lowest BCUT2D eigenvalue weighted by molar-refractivity contribution is 0.185. The first-order valence-electron chi connectivity index (χ1n) is 6.50. The summed E-state index contributed by atoms with van der Waals surface area (Å²) in [6, 6.07) is 9.06. The molecular weight excluding hydrogens is 212 g/mol. The molecule has 92 valence electrons. The van der Waals surface area contributed by atoms with Crippen LogP contribution in [0.25, 0.3) is 0 Å². The monoisotopic (exact) mass is 232 g/mol.